The van der Waals surface area contributed by atoms with Gasteiger partial charge in [0, 0.05) is 31.2 Å². The monoisotopic (exact) mass is 268 g/mol. The van der Waals surface area contributed by atoms with Crippen molar-refractivity contribution < 1.29 is 4.74 Å². The van der Waals surface area contributed by atoms with E-state index in [1.165, 1.54) is 51.6 Å². The van der Waals surface area contributed by atoms with E-state index in [1.807, 2.05) is 0 Å². The van der Waals surface area contributed by atoms with Gasteiger partial charge in [-0.2, -0.15) is 0 Å². The number of hydrogen-bond donors (Lipinski definition) is 1. The molecule has 0 aromatic carbocycles. The van der Waals surface area contributed by atoms with Gasteiger partial charge in [-0.15, -0.1) is 0 Å². The summed E-state index contributed by atoms with van der Waals surface area (Å²) in [5.41, 5.74) is 0. The molecule has 19 heavy (non-hydrogen) atoms. The molecule has 0 radical (unpaired) electrons. The van der Waals surface area contributed by atoms with Crippen molar-refractivity contribution in [1.82, 2.24) is 10.2 Å². The molecule has 2 aliphatic rings. The third-order valence-corrected chi connectivity index (χ3v) is 4.87. The molecule has 0 spiro atoms. The molecule has 2 rings (SSSR count). The second-order valence-corrected chi connectivity index (χ2v) is 6.21. The van der Waals surface area contributed by atoms with Crippen molar-refractivity contribution >= 4 is 0 Å². The van der Waals surface area contributed by atoms with Gasteiger partial charge in [0.15, 0.2) is 0 Å². The summed E-state index contributed by atoms with van der Waals surface area (Å²) < 4.78 is 5.60. The molecule has 1 aliphatic heterocycles. The molecule has 1 N–H and O–H groups in total. The first kappa shape index (κ1) is 15.3. The lowest BCUT2D eigenvalue weighted by Crippen LogP contribution is -2.48. The molecule has 2 atom stereocenters. The number of ether oxygens (including phenoxy) is 1. The van der Waals surface area contributed by atoms with Gasteiger partial charge < -0.3 is 10.1 Å². The van der Waals surface area contributed by atoms with Crippen LogP contribution in [0.2, 0.25) is 0 Å². The molecule has 2 unspecified atom stereocenters. The summed E-state index contributed by atoms with van der Waals surface area (Å²) in [6, 6.07) is 1.47. The normalized spacial score (nSPS) is 26.4. The zero-order valence-corrected chi connectivity index (χ0v) is 12.9. The van der Waals surface area contributed by atoms with Crippen LogP contribution in [0, 0.1) is 5.92 Å². The molecule has 0 aromatic rings. The molecule has 2 fully saturated rings. The van der Waals surface area contributed by atoms with E-state index >= 15 is 0 Å². The van der Waals surface area contributed by atoms with Gasteiger partial charge in [-0.05, 0) is 38.8 Å². The Kier molecular flexibility index (Phi) is 6.62. The second kappa shape index (κ2) is 8.23. The average molecular weight is 268 g/mol. The quantitative estimate of drug-likeness (QED) is 0.732. The van der Waals surface area contributed by atoms with Crippen LogP contribution < -0.4 is 5.32 Å². The number of nitrogens with zero attached hydrogens (tertiary/aromatic N) is 1. The van der Waals surface area contributed by atoms with Crippen molar-refractivity contribution in [2.45, 2.75) is 64.5 Å². The Balaban J connectivity index is 1.88. The zero-order chi connectivity index (χ0) is 13.5. The van der Waals surface area contributed by atoms with Crippen LogP contribution in [0.1, 0.15) is 52.4 Å². The first-order chi connectivity index (χ1) is 9.35. The number of rotatable bonds is 8. The lowest BCUT2D eigenvalue weighted by Gasteiger charge is -2.34. The van der Waals surface area contributed by atoms with E-state index in [1.54, 1.807) is 0 Å². The molecular formula is C16H32N2O. The van der Waals surface area contributed by atoms with E-state index in [-0.39, 0.29) is 0 Å². The summed E-state index contributed by atoms with van der Waals surface area (Å²) >= 11 is 0. The third-order valence-electron chi connectivity index (χ3n) is 4.87. The first-order valence-corrected chi connectivity index (χ1v) is 8.40. The fraction of sp³-hybridized carbons (Fsp3) is 1.00. The molecule has 1 heterocycles. The average Bonchev–Trinajstić information content (AvgIpc) is 3.12. The van der Waals surface area contributed by atoms with E-state index in [2.05, 4.69) is 24.1 Å². The summed E-state index contributed by atoms with van der Waals surface area (Å²) in [4.78, 5) is 2.72. The highest BCUT2D eigenvalue weighted by molar-refractivity contribution is 4.85. The van der Waals surface area contributed by atoms with Crippen LogP contribution in [0.15, 0.2) is 0 Å². The molecule has 0 bridgehead atoms. The summed E-state index contributed by atoms with van der Waals surface area (Å²) in [5.74, 6) is 0.724. The Labute approximate surface area is 119 Å². The third kappa shape index (κ3) is 4.44. The minimum atomic E-state index is 0.628. The fourth-order valence-corrected chi connectivity index (χ4v) is 3.64. The Morgan fingerprint density at radius 3 is 2.58 bits per heavy atom. The molecule has 0 amide bonds. The summed E-state index contributed by atoms with van der Waals surface area (Å²) in [5, 5.41) is 3.78. The fourth-order valence-electron chi connectivity index (χ4n) is 3.64. The standard InChI is InChI=1S/C16H32N2O/c1-3-10-17-16(14-9-11-19-13-14)12-18(4-2)15-7-5-6-8-15/h14-17H,3-13H2,1-2H3. The molecule has 1 saturated heterocycles. The molecule has 0 aromatic heterocycles. The minimum absolute atomic E-state index is 0.628. The van der Waals surface area contributed by atoms with Crippen LogP contribution in [-0.2, 0) is 4.74 Å². The smallest absolute Gasteiger partial charge is 0.0510 e. The molecule has 3 nitrogen and oxygen atoms in total. The van der Waals surface area contributed by atoms with Gasteiger partial charge in [0.05, 0.1) is 6.61 Å². The number of likely N-dealkylation sites (N-methyl/N-ethyl adjacent to an activating group) is 1. The van der Waals surface area contributed by atoms with Gasteiger partial charge in [0.2, 0.25) is 0 Å². The maximum absolute atomic E-state index is 5.60. The minimum Gasteiger partial charge on any atom is -0.381 e. The van der Waals surface area contributed by atoms with Gasteiger partial charge in [0.25, 0.3) is 0 Å². The predicted molar refractivity (Wildman–Crippen MR) is 80.5 cm³/mol. The Bertz CT molecular complexity index is 235. The predicted octanol–water partition coefficient (Wildman–Crippen LogP) is 2.66. The summed E-state index contributed by atoms with van der Waals surface area (Å²) in [6.07, 6.45) is 8.15. The highest BCUT2D eigenvalue weighted by Crippen LogP contribution is 2.25. The van der Waals surface area contributed by atoms with Crippen LogP contribution >= 0.6 is 0 Å². The summed E-state index contributed by atoms with van der Waals surface area (Å²) in [7, 11) is 0. The first-order valence-electron chi connectivity index (χ1n) is 8.40. The second-order valence-electron chi connectivity index (χ2n) is 6.21. The van der Waals surface area contributed by atoms with Crippen molar-refractivity contribution in [2.75, 3.05) is 32.8 Å². The highest BCUT2D eigenvalue weighted by atomic mass is 16.5. The molecule has 3 heteroatoms. The van der Waals surface area contributed by atoms with Gasteiger partial charge >= 0.3 is 0 Å². The van der Waals surface area contributed by atoms with Gasteiger partial charge in [-0.1, -0.05) is 26.7 Å². The van der Waals surface area contributed by atoms with Crippen LogP contribution in [0.4, 0.5) is 0 Å². The van der Waals surface area contributed by atoms with Crippen molar-refractivity contribution in [1.29, 1.82) is 0 Å². The SMILES string of the molecule is CCCNC(CN(CC)C1CCCC1)C1CCOC1. The molecule has 1 saturated carbocycles. The molecule has 1 aliphatic carbocycles. The number of hydrogen-bond acceptors (Lipinski definition) is 3. The Hall–Kier alpha value is -0.120. The van der Waals surface area contributed by atoms with E-state index in [0.717, 1.165) is 31.7 Å². The van der Waals surface area contributed by atoms with Gasteiger partial charge in [-0.25, -0.2) is 0 Å². The van der Waals surface area contributed by atoms with Gasteiger partial charge in [-0.3, -0.25) is 4.90 Å². The van der Waals surface area contributed by atoms with Gasteiger partial charge in [0.1, 0.15) is 0 Å². The molecular weight excluding hydrogens is 236 g/mol. The van der Waals surface area contributed by atoms with E-state index in [0.29, 0.717) is 6.04 Å². The lowest BCUT2D eigenvalue weighted by atomic mass is 9.97. The van der Waals surface area contributed by atoms with Crippen LogP contribution in [0.5, 0.6) is 0 Å². The largest absolute Gasteiger partial charge is 0.381 e. The maximum atomic E-state index is 5.60. The zero-order valence-electron chi connectivity index (χ0n) is 12.9. The topological polar surface area (TPSA) is 24.5 Å². The van der Waals surface area contributed by atoms with E-state index in [9.17, 15) is 0 Å². The van der Waals surface area contributed by atoms with Crippen molar-refractivity contribution in [2.24, 2.45) is 5.92 Å². The number of nitrogens with one attached hydrogen (secondary N) is 1. The van der Waals surface area contributed by atoms with Crippen molar-refractivity contribution in [3.63, 3.8) is 0 Å². The van der Waals surface area contributed by atoms with E-state index in [4.69, 9.17) is 4.74 Å². The van der Waals surface area contributed by atoms with Crippen molar-refractivity contribution in [3.05, 3.63) is 0 Å². The lowest BCUT2D eigenvalue weighted by molar-refractivity contribution is 0.143. The van der Waals surface area contributed by atoms with Crippen LogP contribution in [0.3, 0.4) is 0 Å². The Morgan fingerprint density at radius 1 is 1.21 bits per heavy atom. The van der Waals surface area contributed by atoms with Crippen LogP contribution in [-0.4, -0.2) is 49.8 Å². The Morgan fingerprint density at radius 2 is 2.00 bits per heavy atom. The van der Waals surface area contributed by atoms with Crippen molar-refractivity contribution in [3.8, 4) is 0 Å². The highest BCUT2D eigenvalue weighted by Gasteiger charge is 2.29. The van der Waals surface area contributed by atoms with Crippen LogP contribution in [0.25, 0.3) is 0 Å². The maximum Gasteiger partial charge on any atom is 0.0510 e. The summed E-state index contributed by atoms with van der Waals surface area (Å²) in [6.45, 7) is 10.1. The molecule has 112 valence electrons. The van der Waals surface area contributed by atoms with E-state index < -0.39 is 0 Å².